The van der Waals surface area contributed by atoms with Crippen LogP contribution in [0.15, 0.2) is 73.1 Å². The molecule has 5 aromatic rings. The molecule has 12 nitrogen and oxygen atoms in total. The number of halogens is 3. The molecular formula is C48H51Cl3N6O6. The summed E-state index contributed by atoms with van der Waals surface area (Å²) >= 11 is 20.5. The number of carboxylic acids is 1. The summed E-state index contributed by atoms with van der Waals surface area (Å²) in [5.74, 6) is 0.524. The van der Waals surface area contributed by atoms with Gasteiger partial charge in [0, 0.05) is 84.8 Å². The highest BCUT2D eigenvalue weighted by atomic mass is 35.5. The first kappa shape index (κ1) is 44.6. The van der Waals surface area contributed by atoms with Gasteiger partial charge in [-0.3, -0.25) is 19.5 Å². The second-order valence-corrected chi connectivity index (χ2v) is 17.7. The Hall–Kier alpha value is -4.98. The molecule has 5 heterocycles. The van der Waals surface area contributed by atoms with Gasteiger partial charge in [-0.05, 0) is 86.4 Å². The molecule has 1 amide bonds. The number of carbonyl (C=O) groups is 2. The fourth-order valence-corrected chi connectivity index (χ4v) is 9.75. The Kier molecular flexibility index (Phi) is 14.6. The molecule has 0 radical (unpaired) electrons. The van der Waals surface area contributed by atoms with Gasteiger partial charge in [0.05, 0.1) is 22.8 Å². The number of likely N-dealkylation sites (tertiary alicyclic amines) is 1. The molecule has 2 aliphatic heterocycles. The van der Waals surface area contributed by atoms with Crippen LogP contribution in [0, 0.1) is 0 Å². The predicted octanol–water partition coefficient (Wildman–Crippen LogP) is 9.80. The number of piperidine rings is 1. The molecule has 8 rings (SSSR count). The monoisotopic (exact) mass is 912 g/mol. The minimum absolute atomic E-state index is 0.0958. The number of aromatic nitrogens is 3. The van der Waals surface area contributed by atoms with Crippen LogP contribution < -0.4 is 24.8 Å². The van der Waals surface area contributed by atoms with Crippen molar-refractivity contribution in [2.45, 2.75) is 102 Å². The third-order valence-electron chi connectivity index (χ3n) is 12.1. The number of nitrogens with zero attached hydrogens (tertiary/aromatic N) is 4. The van der Waals surface area contributed by atoms with Crippen molar-refractivity contribution in [3.8, 4) is 40.0 Å². The number of nitrogens with one attached hydrogen (secondary N) is 2. The van der Waals surface area contributed by atoms with Crippen LogP contribution in [0.5, 0.6) is 17.6 Å². The lowest BCUT2D eigenvalue weighted by Gasteiger charge is -2.36. The smallest absolute Gasteiger partial charge is 0.303 e. The molecule has 1 aliphatic carbocycles. The van der Waals surface area contributed by atoms with Gasteiger partial charge in [-0.15, -0.1) is 0 Å². The van der Waals surface area contributed by atoms with E-state index in [2.05, 4.69) is 32.7 Å². The molecule has 0 bridgehead atoms. The van der Waals surface area contributed by atoms with Crippen molar-refractivity contribution in [2.24, 2.45) is 0 Å². The van der Waals surface area contributed by atoms with Crippen molar-refractivity contribution in [3.05, 3.63) is 116 Å². The lowest BCUT2D eigenvalue weighted by atomic mass is 9.94. The molecule has 0 saturated carbocycles. The molecule has 2 saturated heterocycles. The lowest BCUT2D eigenvalue weighted by molar-refractivity contribution is -0.137. The van der Waals surface area contributed by atoms with Gasteiger partial charge in [-0.2, -0.15) is 4.98 Å². The van der Waals surface area contributed by atoms with Gasteiger partial charge in [0.15, 0.2) is 0 Å². The van der Waals surface area contributed by atoms with Crippen LogP contribution in [-0.4, -0.2) is 69.1 Å². The predicted molar refractivity (Wildman–Crippen MR) is 244 cm³/mol. The van der Waals surface area contributed by atoms with Crippen LogP contribution in [0.25, 0.3) is 22.4 Å². The Balaban J connectivity index is 1.02. The van der Waals surface area contributed by atoms with E-state index in [1.54, 1.807) is 19.5 Å². The molecule has 2 aromatic carbocycles. The molecule has 15 heteroatoms. The summed E-state index contributed by atoms with van der Waals surface area (Å²) in [6, 6.07) is 20.2. The topological polar surface area (TPSA) is 148 Å². The molecule has 3 N–H and O–H groups in total. The number of pyridine rings is 3. The maximum absolute atomic E-state index is 11.6. The fourth-order valence-electron chi connectivity index (χ4n) is 9.01. The number of rotatable bonds is 18. The molecule has 0 spiro atoms. The van der Waals surface area contributed by atoms with E-state index < -0.39 is 5.97 Å². The highest BCUT2D eigenvalue weighted by Crippen LogP contribution is 2.45. The van der Waals surface area contributed by atoms with Crippen LogP contribution >= 0.6 is 34.8 Å². The lowest BCUT2D eigenvalue weighted by Crippen LogP contribution is -2.39. The van der Waals surface area contributed by atoms with Crippen molar-refractivity contribution >= 4 is 46.7 Å². The third-order valence-corrected chi connectivity index (χ3v) is 13.0. The Morgan fingerprint density at radius 2 is 1.76 bits per heavy atom. The number of carboxylic acid groups (broad SMARTS) is 1. The number of aliphatic carboxylic acids is 1. The first-order chi connectivity index (χ1) is 30.6. The van der Waals surface area contributed by atoms with Crippen molar-refractivity contribution in [1.82, 2.24) is 30.5 Å². The number of amides is 1. The highest BCUT2D eigenvalue weighted by Gasteiger charge is 2.30. The van der Waals surface area contributed by atoms with Gasteiger partial charge in [0.25, 0.3) is 0 Å². The Morgan fingerprint density at radius 3 is 2.57 bits per heavy atom. The van der Waals surface area contributed by atoms with Gasteiger partial charge < -0.3 is 30.0 Å². The number of hydrogen-bond acceptors (Lipinski definition) is 10. The van der Waals surface area contributed by atoms with E-state index in [0.717, 1.165) is 89.6 Å². The second kappa shape index (κ2) is 20.7. The largest absolute Gasteiger partial charge is 0.481 e. The number of hydrogen-bond donors (Lipinski definition) is 3. The van der Waals surface area contributed by atoms with Gasteiger partial charge in [-0.25, -0.2) is 4.98 Å². The van der Waals surface area contributed by atoms with Crippen LogP contribution in [0.3, 0.4) is 0 Å². The fraction of sp³-hybridized carbons (Fsp3) is 0.396. The Morgan fingerprint density at radius 1 is 0.921 bits per heavy atom. The molecular weight excluding hydrogens is 863 g/mol. The maximum Gasteiger partial charge on any atom is 0.303 e. The average molecular weight is 914 g/mol. The second-order valence-electron chi connectivity index (χ2n) is 16.4. The third kappa shape index (κ3) is 10.9. The van der Waals surface area contributed by atoms with E-state index in [-0.39, 0.29) is 43.0 Å². The number of ether oxygens (including phenoxy) is 3. The van der Waals surface area contributed by atoms with Gasteiger partial charge in [-0.1, -0.05) is 83.7 Å². The Labute approximate surface area is 382 Å². The van der Waals surface area contributed by atoms with Crippen molar-refractivity contribution < 1.29 is 28.9 Å². The van der Waals surface area contributed by atoms with Crippen LogP contribution in [0.2, 0.25) is 15.1 Å². The van der Waals surface area contributed by atoms with Gasteiger partial charge in [0.1, 0.15) is 17.7 Å². The molecule has 3 aliphatic rings. The van der Waals surface area contributed by atoms with E-state index in [0.29, 0.717) is 71.4 Å². The zero-order valence-corrected chi connectivity index (χ0v) is 37.4. The Bertz CT molecular complexity index is 2450. The molecule has 3 atom stereocenters. The zero-order valence-electron chi connectivity index (χ0n) is 35.2. The van der Waals surface area contributed by atoms with Crippen LogP contribution in [0.4, 0.5) is 0 Å². The van der Waals surface area contributed by atoms with Crippen LogP contribution in [0.1, 0.15) is 91.7 Å². The SMILES string of the molecule is COc1nc(-c2cccc(-c3cccc4c3CC[C@@H]4Oc3nc(OCc4cncc(Cl)c4)c(CN4CCCCC4CCCC(=O)O)cc3Cl)c2Cl)ccc1CNC[C@@H]1CCC(=O)N1. The van der Waals surface area contributed by atoms with Crippen molar-refractivity contribution in [2.75, 3.05) is 20.2 Å². The van der Waals surface area contributed by atoms with Crippen molar-refractivity contribution in [3.63, 3.8) is 0 Å². The van der Waals surface area contributed by atoms with Crippen LogP contribution in [-0.2, 0) is 35.7 Å². The summed E-state index contributed by atoms with van der Waals surface area (Å²) in [7, 11) is 1.61. The summed E-state index contributed by atoms with van der Waals surface area (Å²) in [6.07, 6.45) is 10.6. The number of carbonyl (C=O) groups excluding carboxylic acids is 1. The standard InChI is InChI=1S/C48H51Cl3N6O6/c1-61-46-30(24-53-26-33-15-19-43(58)54-33)14-17-41(55-46)39-12-6-11-38(45(39)51)35-9-5-10-37-36(35)16-18-42(37)63-48-40(50)22-31(47(56-48)62-28-29-21-32(49)25-52-23-29)27-57-20-3-2-7-34(57)8-4-13-44(59)60/h5-6,9-12,14,17,21-23,25,33-34,42,53H,2-4,7-8,13,15-16,18-20,24,26-28H2,1H3,(H,54,58)(H,59,60)/t33-,34?,42-/m0/s1. The summed E-state index contributed by atoms with van der Waals surface area (Å²) in [6.45, 7) is 2.85. The normalized spacial score (nSPS) is 18.5. The summed E-state index contributed by atoms with van der Waals surface area (Å²) in [5, 5.41) is 17.1. The van der Waals surface area contributed by atoms with Gasteiger partial charge >= 0.3 is 5.97 Å². The number of benzene rings is 2. The summed E-state index contributed by atoms with van der Waals surface area (Å²) in [4.78, 5) is 39.3. The number of fused-ring (bicyclic) bond motifs is 1. The van der Waals surface area contributed by atoms with E-state index in [4.69, 9.17) is 59.0 Å². The first-order valence-electron chi connectivity index (χ1n) is 21.6. The molecule has 2 fully saturated rings. The van der Waals surface area contributed by atoms with Gasteiger partial charge in [0.2, 0.25) is 23.5 Å². The maximum atomic E-state index is 11.6. The first-order valence-corrected chi connectivity index (χ1v) is 22.8. The quantitative estimate of drug-likeness (QED) is 0.0772. The summed E-state index contributed by atoms with van der Waals surface area (Å²) in [5.41, 5.74) is 8.10. The minimum atomic E-state index is -0.774. The summed E-state index contributed by atoms with van der Waals surface area (Å²) < 4.78 is 18.8. The van der Waals surface area contributed by atoms with E-state index >= 15 is 0 Å². The van der Waals surface area contributed by atoms with E-state index in [1.165, 1.54) is 0 Å². The molecule has 1 unspecified atom stereocenters. The van der Waals surface area contributed by atoms with Crippen molar-refractivity contribution in [1.29, 1.82) is 0 Å². The molecule has 330 valence electrons. The minimum Gasteiger partial charge on any atom is -0.481 e. The molecule has 63 heavy (non-hydrogen) atoms. The molecule has 3 aromatic heterocycles. The average Bonchev–Trinajstić information content (AvgIpc) is 3.90. The van der Waals surface area contributed by atoms with E-state index in [9.17, 15) is 14.7 Å². The highest BCUT2D eigenvalue weighted by molar-refractivity contribution is 6.36. The number of methoxy groups -OCH3 is 1. The zero-order chi connectivity index (χ0) is 43.9. The van der Waals surface area contributed by atoms with E-state index in [1.807, 2.05) is 48.5 Å².